The van der Waals surface area contributed by atoms with Crippen LogP contribution in [0.25, 0.3) is 0 Å². The van der Waals surface area contributed by atoms with Crippen LogP contribution >= 0.6 is 0 Å². The molecule has 0 aliphatic rings. The number of hydrogen-bond donors (Lipinski definition) is 2. The molecule has 0 unspecified atom stereocenters. The Morgan fingerprint density at radius 1 is 1.00 bits per heavy atom. The molecule has 0 aliphatic carbocycles. The van der Waals surface area contributed by atoms with E-state index in [0.29, 0.717) is 12.1 Å². The van der Waals surface area contributed by atoms with Crippen LogP contribution in [-0.2, 0) is 17.8 Å². The molecule has 0 aromatic heterocycles. The summed E-state index contributed by atoms with van der Waals surface area (Å²) in [4.78, 5) is 23.5. The molecule has 0 saturated carbocycles. The lowest BCUT2D eigenvalue weighted by atomic mass is 9.92. The van der Waals surface area contributed by atoms with Gasteiger partial charge >= 0.3 is 0 Å². The minimum Gasteiger partial charge on any atom is -0.352 e. The third kappa shape index (κ3) is 5.75. The van der Waals surface area contributed by atoms with Gasteiger partial charge in [-0.05, 0) is 56.0 Å². The van der Waals surface area contributed by atoms with E-state index in [1.165, 1.54) is 18.1 Å². The van der Waals surface area contributed by atoms with Gasteiger partial charge in [0.1, 0.15) is 0 Å². The molecule has 2 rings (SSSR count). The molecule has 2 aromatic carbocycles. The van der Waals surface area contributed by atoms with Crippen molar-refractivity contribution in [2.75, 3.05) is 0 Å². The van der Waals surface area contributed by atoms with Gasteiger partial charge in [-0.1, -0.05) is 36.4 Å². The molecular formula is C21H26N2O2. The number of benzene rings is 2. The molecule has 132 valence electrons. The molecule has 2 N–H and O–H groups in total. The maximum atomic E-state index is 12.5. The van der Waals surface area contributed by atoms with Crippen molar-refractivity contribution in [2.45, 2.75) is 46.2 Å². The van der Waals surface area contributed by atoms with E-state index in [4.69, 9.17) is 0 Å². The van der Waals surface area contributed by atoms with Crippen LogP contribution in [0.2, 0.25) is 0 Å². The predicted octanol–water partition coefficient (Wildman–Crippen LogP) is 3.38. The van der Waals surface area contributed by atoms with Crippen LogP contribution < -0.4 is 10.6 Å². The summed E-state index contributed by atoms with van der Waals surface area (Å²) < 4.78 is 0. The molecule has 4 heteroatoms. The molecule has 0 radical (unpaired) electrons. The van der Waals surface area contributed by atoms with E-state index in [1.807, 2.05) is 38.1 Å². The highest BCUT2D eigenvalue weighted by Gasteiger charge is 2.22. The van der Waals surface area contributed by atoms with Crippen LogP contribution in [0.5, 0.6) is 0 Å². The fourth-order valence-corrected chi connectivity index (χ4v) is 2.71. The normalized spacial score (nSPS) is 11.0. The number of amides is 2. The molecule has 2 amide bonds. The van der Waals surface area contributed by atoms with Crippen molar-refractivity contribution in [3.05, 3.63) is 70.8 Å². The molecule has 0 heterocycles. The fourth-order valence-electron chi connectivity index (χ4n) is 2.71. The van der Waals surface area contributed by atoms with Crippen molar-refractivity contribution < 1.29 is 9.59 Å². The Kier molecular flexibility index (Phi) is 5.97. The van der Waals surface area contributed by atoms with Crippen molar-refractivity contribution in [1.29, 1.82) is 0 Å². The highest BCUT2D eigenvalue weighted by Crippen LogP contribution is 2.17. The van der Waals surface area contributed by atoms with Crippen molar-refractivity contribution >= 4 is 11.8 Å². The summed E-state index contributed by atoms with van der Waals surface area (Å²) in [5, 5.41) is 5.85. The summed E-state index contributed by atoms with van der Waals surface area (Å²) >= 11 is 0. The third-order valence-corrected chi connectivity index (χ3v) is 4.10. The molecule has 0 aliphatic heterocycles. The van der Waals surface area contributed by atoms with Crippen molar-refractivity contribution in [2.24, 2.45) is 0 Å². The average Bonchev–Trinajstić information content (AvgIpc) is 2.55. The SMILES string of the molecule is CC(=O)NCc1ccc(C(=O)NC(C)(C)Cc2ccccc2C)cc1. The largest absolute Gasteiger partial charge is 0.352 e. The van der Waals surface area contributed by atoms with Gasteiger partial charge in [0.05, 0.1) is 0 Å². The van der Waals surface area contributed by atoms with E-state index in [9.17, 15) is 9.59 Å². The lowest BCUT2D eigenvalue weighted by Crippen LogP contribution is -2.45. The van der Waals surface area contributed by atoms with Gasteiger partial charge in [-0.2, -0.15) is 0 Å². The van der Waals surface area contributed by atoms with Gasteiger partial charge in [-0.25, -0.2) is 0 Å². The van der Waals surface area contributed by atoms with Crippen LogP contribution in [-0.4, -0.2) is 17.4 Å². The number of rotatable bonds is 6. The highest BCUT2D eigenvalue weighted by molar-refractivity contribution is 5.94. The molecule has 0 atom stereocenters. The molecule has 25 heavy (non-hydrogen) atoms. The fraction of sp³-hybridized carbons (Fsp3) is 0.333. The lowest BCUT2D eigenvalue weighted by Gasteiger charge is -2.27. The minimum absolute atomic E-state index is 0.0697. The maximum absolute atomic E-state index is 12.5. The van der Waals surface area contributed by atoms with E-state index in [0.717, 1.165) is 12.0 Å². The van der Waals surface area contributed by atoms with Crippen LogP contribution in [0.3, 0.4) is 0 Å². The van der Waals surface area contributed by atoms with Crippen LogP contribution in [0.1, 0.15) is 47.8 Å². The van der Waals surface area contributed by atoms with Gasteiger partial charge in [-0.15, -0.1) is 0 Å². The first kappa shape index (κ1) is 18.7. The quantitative estimate of drug-likeness (QED) is 0.848. The Morgan fingerprint density at radius 3 is 2.24 bits per heavy atom. The van der Waals surface area contributed by atoms with E-state index in [-0.39, 0.29) is 17.4 Å². The second-order valence-corrected chi connectivity index (χ2v) is 7.05. The number of nitrogens with one attached hydrogen (secondary N) is 2. The van der Waals surface area contributed by atoms with Crippen molar-refractivity contribution in [3.8, 4) is 0 Å². The first-order valence-corrected chi connectivity index (χ1v) is 8.47. The topological polar surface area (TPSA) is 58.2 Å². The van der Waals surface area contributed by atoms with Gasteiger partial charge in [0.25, 0.3) is 5.91 Å². The van der Waals surface area contributed by atoms with E-state index in [1.54, 1.807) is 12.1 Å². The number of carbonyl (C=O) groups is 2. The molecule has 0 spiro atoms. The summed E-state index contributed by atoms with van der Waals surface area (Å²) in [5.74, 6) is -0.163. The van der Waals surface area contributed by atoms with Gasteiger partial charge in [0, 0.05) is 24.6 Å². The zero-order chi connectivity index (χ0) is 18.4. The first-order valence-electron chi connectivity index (χ1n) is 8.47. The third-order valence-electron chi connectivity index (χ3n) is 4.10. The Morgan fingerprint density at radius 2 is 1.64 bits per heavy atom. The van der Waals surface area contributed by atoms with Gasteiger partial charge in [-0.3, -0.25) is 9.59 Å². The monoisotopic (exact) mass is 338 g/mol. The molecular weight excluding hydrogens is 312 g/mol. The van der Waals surface area contributed by atoms with Crippen LogP contribution in [0.15, 0.2) is 48.5 Å². The van der Waals surface area contributed by atoms with Crippen molar-refractivity contribution in [1.82, 2.24) is 10.6 Å². The second-order valence-electron chi connectivity index (χ2n) is 7.05. The first-order chi connectivity index (χ1) is 11.8. The summed E-state index contributed by atoms with van der Waals surface area (Å²) in [6.45, 7) is 8.10. The summed E-state index contributed by atoms with van der Waals surface area (Å²) in [6, 6.07) is 15.5. The number of hydrogen-bond acceptors (Lipinski definition) is 2. The molecule has 0 saturated heterocycles. The molecule has 0 fully saturated rings. The zero-order valence-corrected chi connectivity index (χ0v) is 15.3. The number of aryl methyl sites for hydroxylation is 1. The highest BCUT2D eigenvalue weighted by atomic mass is 16.2. The summed E-state index contributed by atoms with van der Waals surface area (Å²) in [5.41, 5.74) is 3.69. The smallest absolute Gasteiger partial charge is 0.251 e. The molecule has 0 bridgehead atoms. The Bertz CT molecular complexity index is 749. The summed E-state index contributed by atoms with van der Waals surface area (Å²) in [6.07, 6.45) is 0.770. The van der Waals surface area contributed by atoms with Gasteiger partial charge in [0.2, 0.25) is 5.91 Å². The molecule has 4 nitrogen and oxygen atoms in total. The zero-order valence-electron chi connectivity index (χ0n) is 15.3. The Labute approximate surface area is 149 Å². The standard InChI is InChI=1S/C21H26N2O2/c1-15-7-5-6-8-19(15)13-21(3,4)23-20(25)18-11-9-17(10-12-18)14-22-16(2)24/h5-12H,13-14H2,1-4H3,(H,22,24)(H,23,25). The van der Waals surface area contributed by atoms with Gasteiger partial charge in [0.15, 0.2) is 0 Å². The minimum atomic E-state index is -0.349. The van der Waals surface area contributed by atoms with Crippen LogP contribution in [0.4, 0.5) is 0 Å². The van der Waals surface area contributed by atoms with E-state index >= 15 is 0 Å². The maximum Gasteiger partial charge on any atom is 0.251 e. The Hall–Kier alpha value is -2.62. The summed E-state index contributed by atoms with van der Waals surface area (Å²) in [7, 11) is 0. The van der Waals surface area contributed by atoms with E-state index in [2.05, 4.69) is 29.7 Å². The van der Waals surface area contributed by atoms with Gasteiger partial charge < -0.3 is 10.6 Å². The van der Waals surface area contributed by atoms with E-state index < -0.39 is 0 Å². The second kappa shape index (κ2) is 7.97. The number of carbonyl (C=O) groups excluding carboxylic acids is 2. The average molecular weight is 338 g/mol. The Balaban J connectivity index is 2.00. The molecule has 2 aromatic rings. The van der Waals surface area contributed by atoms with Crippen LogP contribution in [0, 0.1) is 6.92 Å². The predicted molar refractivity (Wildman–Crippen MR) is 100 cm³/mol. The lowest BCUT2D eigenvalue weighted by molar-refractivity contribution is -0.119. The van der Waals surface area contributed by atoms with Crippen molar-refractivity contribution in [3.63, 3.8) is 0 Å².